The summed E-state index contributed by atoms with van der Waals surface area (Å²) in [7, 11) is 0. The van der Waals surface area contributed by atoms with E-state index in [0.717, 1.165) is 25.7 Å². The van der Waals surface area contributed by atoms with Crippen molar-refractivity contribution >= 4 is 23.1 Å². The van der Waals surface area contributed by atoms with Crippen LogP contribution in [0.5, 0.6) is 0 Å². The molecule has 1 unspecified atom stereocenters. The summed E-state index contributed by atoms with van der Waals surface area (Å²) in [6.07, 6.45) is 1.21. The van der Waals surface area contributed by atoms with Crippen molar-refractivity contribution in [3.63, 3.8) is 0 Å². The number of rotatable bonds is 6. The smallest absolute Gasteiger partial charge is 0.0331 e. The van der Waals surface area contributed by atoms with Gasteiger partial charge >= 0.3 is 0 Å². The van der Waals surface area contributed by atoms with Gasteiger partial charge in [-0.05, 0) is 32.0 Å². The maximum absolute atomic E-state index is 3.47. The van der Waals surface area contributed by atoms with Gasteiger partial charge in [-0.15, -0.1) is 11.3 Å². The molecule has 102 valence electrons. The summed E-state index contributed by atoms with van der Waals surface area (Å²) in [6.45, 7) is 9.09. The van der Waals surface area contributed by atoms with Gasteiger partial charge in [0.1, 0.15) is 0 Å². The molecule has 1 aromatic heterocycles. The predicted molar refractivity (Wildman–Crippen MR) is 83.5 cm³/mol. The van der Waals surface area contributed by atoms with Crippen LogP contribution in [0.4, 0.5) is 0 Å². The molecule has 1 N–H and O–H groups in total. The average Bonchev–Trinajstić information content (AvgIpc) is 2.80. The highest BCUT2D eigenvalue weighted by Crippen LogP contribution is 2.22. The van der Waals surface area contributed by atoms with Crippen molar-refractivity contribution in [3.8, 4) is 0 Å². The zero-order chi connectivity index (χ0) is 12.8. The van der Waals surface area contributed by atoms with Gasteiger partial charge in [0.05, 0.1) is 0 Å². The van der Waals surface area contributed by atoms with Gasteiger partial charge in [0.25, 0.3) is 0 Å². The van der Waals surface area contributed by atoms with Crippen molar-refractivity contribution in [1.29, 1.82) is 0 Å². The summed E-state index contributed by atoms with van der Waals surface area (Å²) in [4.78, 5) is 5.60. The van der Waals surface area contributed by atoms with Crippen LogP contribution in [-0.2, 0) is 13.1 Å². The lowest BCUT2D eigenvalue weighted by molar-refractivity contribution is 0.226. The molecule has 1 saturated heterocycles. The Morgan fingerprint density at radius 1 is 1.39 bits per heavy atom. The van der Waals surface area contributed by atoms with E-state index in [4.69, 9.17) is 0 Å². The van der Waals surface area contributed by atoms with E-state index in [-0.39, 0.29) is 0 Å². The number of hydrogen-bond acceptors (Lipinski definition) is 4. The minimum atomic E-state index is 0.729. The molecule has 0 spiro atoms. The van der Waals surface area contributed by atoms with Gasteiger partial charge < -0.3 is 5.32 Å². The molecule has 0 aromatic carbocycles. The van der Waals surface area contributed by atoms with Crippen molar-refractivity contribution in [2.45, 2.75) is 39.4 Å². The third-order valence-corrected chi connectivity index (χ3v) is 5.57. The number of nitrogens with one attached hydrogen (secondary N) is 1. The van der Waals surface area contributed by atoms with Gasteiger partial charge in [-0.1, -0.05) is 6.92 Å². The number of hydrogen-bond donors (Lipinski definition) is 1. The second kappa shape index (κ2) is 7.53. The minimum absolute atomic E-state index is 0.729. The molecule has 0 amide bonds. The van der Waals surface area contributed by atoms with Gasteiger partial charge in [0.15, 0.2) is 0 Å². The molecule has 2 heterocycles. The summed E-state index contributed by atoms with van der Waals surface area (Å²) in [6, 6.07) is 5.32. The Hall–Kier alpha value is -0.0300. The second-order valence-corrected chi connectivity index (χ2v) is 7.34. The Kier molecular flexibility index (Phi) is 6.02. The van der Waals surface area contributed by atoms with Crippen LogP contribution in [0.25, 0.3) is 0 Å². The normalized spacial score (nSPS) is 21.3. The molecule has 2 nitrogen and oxygen atoms in total. The maximum atomic E-state index is 3.47. The Balaban J connectivity index is 1.82. The number of thioether (sulfide) groups is 1. The Labute approximate surface area is 119 Å². The Bertz CT molecular complexity index is 351. The van der Waals surface area contributed by atoms with Gasteiger partial charge in [-0.3, -0.25) is 4.90 Å². The topological polar surface area (TPSA) is 15.3 Å². The quantitative estimate of drug-likeness (QED) is 0.808. The highest BCUT2D eigenvalue weighted by atomic mass is 32.2. The van der Waals surface area contributed by atoms with E-state index in [9.17, 15) is 0 Å². The molecule has 1 aromatic rings. The van der Waals surface area contributed by atoms with E-state index in [2.05, 4.69) is 48.0 Å². The van der Waals surface area contributed by atoms with Crippen molar-refractivity contribution in [2.24, 2.45) is 0 Å². The standard InChI is InChI=1S/C14H24N2S2/c1-3-6-15-9-13-4-5-14(18-13)10-16-7-8-17-11-12(16)2/h4-5,12,15H,3,6-11H2,1-2H3. The monoisotopic (exact) mass is 284 g/mol. The third-order valence-electron chi connectivity index (χ3n) is 3.31. The molecular formula is C14H24N2S2. The van der Waals surface area contributed by atoms with E-state index in [1.807, 2.05) is 11.3 Å². The van der Waals surface area contributed by atoms with Crippen LogP contribution in [0.3, 0.4) is 0 Å². The maximum Gasteiger partial charge on any atom is 0.0331 e. The van der Waals surface area contributed by atoms with Gasteiger partial charge in [0, 0.05) is 46.9 Å². The fraction of sp³-hybridized carbons (Fsp3) is 0.714. The van der Waals surface area contributed by atoms with Gasteiger partial charge in [0.2, 0.25) is 0 Å². The van der Waals surface area contributed by atoms with E-state index in [0.29, 0.717) is 0 Å². The first-order valence-corrected chi connectivity index (χ1v) is 8.87. The highest BCUT2D eigenvalue weighted by Gasteiger charge is 2.18. The predicted octanol–water partition coefficient (Wildman–Crippen LogP) is 3.19. The Morgan fingerprint density at radius 3 is 3.00 bits per heavy atom. The summed E-state index contributed by atoms with van der Waals surface area (Å²) in [5, 5.41) is 3.47. The van der Waals surface area contributed by atoms with Crippen LogP contribution >= 0.6 is 23.1 Å². The summed E-state index contributed by atoms with van der Waals surface area (Å²) in [5.41, 5.74) is 0. The molecule has 4 heteroatoms. The largest absolute Gasteiger partial charge is 0.312 e. The first-order valence-electron chi connectivity index (χ1n) is 6.89. The SMILES string of the molecule is CCCNCc1ccc(CN2CCSCC2C)s1. The molecule has 2 rings (SSSR count). The molecule has 18 heavy (non-hydrogen) atoms. The fourth-order valence-electron chi connectivity index (χ4n) is 2.19. The van der Waals surface area contributed by atoms with Crippen LogP contribution < -0.4 is 5.32 Å². The van der Waals surface area contributed by atoms with Crippen LogP contribution in [0.2, 0.25) is 0 Å². The molecule has 1 fully saturated rings. The van der Waals surface area contributed by atoms with Gasteiger partial charge in [-0.2, -0.15) is 11.8 Å². The highest BCUT2D eigenvalue weighted by molar-refractivity contribution is 7.99. The zero-order valence-corrected chi connectivity index (χ0v) is 13.1. The first-order chi connectivity index (χ1) is 8.79. The summed E-state index contributed by atoms with van der Waals surface area (Å²) >= 11 is 4.06. The number of thiophene rings is 1. The molecule has 1 aliphatic heterocycles. The molecular weight excluding hydrogens is 260 g/mol. The number of nitrogens with zero attached hydrogens (tertiary/aromatic N) is 1. The molecule has 0 saturated carbocycles. The van der Waals surface area contributed by atoms with Crippen molar-refractivity contribution < 1.29 is 0 Å². The van der Waals surface area contributed by atoms with Crippen LogP contribution in [0.1, 0.15) is 30.0 Å². The molecule has 0 radical (unpaired) electrons. The molecule has 1 aliphatic rings. The van der Waals surface area contributed by atoms with E-state index < -0.39 is 0 Å². The van der Waals surface area contributed by atoms with E-state index in [1.54, 1.807) is 0 Å². The van der Waals surface area contributed by atoms with Crippen LogP contribution in [0, 0.1) is 0 Å². The lowest BCUT2D eigenvalue weighted by Gasteiger charge is -2.32. The van der Waals surface area contributed by atoms with Crippen LogP contribution in [-0.4, -0.2) is 35.5 Å². The van der Waals surface area contributed by atoms with E-state index in [1.165, 1.54) is 34.2 Å². The van der Waals surface area contributed by atoms with Crippen molar-refractivity contribution in [2.75, 3.05) is 24.6 Å². The fourth-order valence-corrected chi connectivity index (χ4v) is 4.28. The molecule has 1 atom stereocenters. The van der Waals surface area contributed by atoms with Gasteiger partial charge in [-0.25, -0.2) is 0 Å². The minimum Gasteiger partial charge on any atom is -0.312 e. The van der Waals surface area contributed by atoms with Crippen molar-refractivity contribution in [1.82, 2.24) is 10.2 Å². The van der Waals surface area contributed by atoms with Crippen LogP contribution in [0.15, 0.2) is 12.1 Å². The molecule has 0 bridgehead atoms. The zero-order valence-electron chi connectivity index (χ0n) is 11.4. The summed E-state index contributed by atoms with van der Waals surface area (Å²) in [5.74, 6) is 2.58. The van der Waals surface area contributed by atoms with E-state index >= 15 is 0 Å². The average molecular weight is 284 g/mol. The first kappa shape index (κ1) is 14.4. The Morgan fingerprint density at radius 2 is 2.22 bits per heavy atom. The van der Waals surface area contributed by atoms with Crippen molar-refractivity contribution in [3.05, 3.63) is 21.9 Å². The third kappa shape index (κ3) is 4.26. The lowest BCUT2D eigenvalue weighted by atomic mass is 10.3. The molecule has 0 aliphatic carbocycles. The summed E-state index contributed by atoms with van der Waals surface area (Å²) < 4.78 is 0. The second-order valence-electron chi connectivity index (χ2n) is 4.94. The lowest BCUT2D eigenvalue weighted by Crippen LogP contribution is -2.39.